The van der Waals surface area contributed by atoms with E-state index in [0.717, 1.165) is 19.3 Å². The topological polar surface area (TPSA) is 72.1 Å². The van der Waals surface area contributed by atoms with Gasteiger partial charge in [0.15, 0.2) is 5.76 Å². The zero-order valence-electron chi connectivity index (χ0n) is 14.9. The number of rotatable bonds is 5. The van der Waals surface area contributed by atoms with Crippen LogP contribution in [0.1, 0.15) is 58.3 Å². The average Bonchev–Trinajstić information content (AvgIpc) is 3.39. The minimum atomic E-state index is -0.655. The average molecular weight is 351 g/mol. The van der Waals surface area contributed by atoms with Gasteiger partial charge >= 0.3 is 6.16 Å². The molecule has 3 unspecified atom stereocenters. The van der Waals surface area contributed by atoms with Gasteiger partial charge in [-0.2, -0.15) is 5.01 Å². The Bertz CT molecular complexity index is 516. The summed E-state index contributed by atoms with van der Waals surface area (Å²) in [7, 11) is 0. The van der Waals surface area contributed by atoms with Crippen molar-refractivity contribution in [2.45, 2.75) is 82.8 Å². The first-order valence-corrected chi connectivity index (χ1v) is 9.75. The molecule has 140 valence electrons. The van der Waals surface area contributed by atoms with Crippen LogP contribution in [0.3, 0.4) is 0 Å². The van der Waals surface area contributed by atoms with Crippen molar-refractivity contribution in [1.82, 2.24) is 15.8 Å². The van der Waals surface area contributed by atoms with Crippen molar-refractivity contribution < 1.29 is 19.0 Å². The maximum Gasteiger partial charge on any atom is 0.513 e. The highest BCUT2D eigenvalue weighted by molar-refractivity contribution is 5.61. The molecule has 0 amide bonds. The Morgan fingerprint density at radius 1 is 1.24 bits per heavy atom. The molecule has 0 aromatic carbocycles. The molecule has 2 aliphatic heterocycles. The minimum Gasteiger partial charge on any atom is -0.434 e. The SMILES string of the molecule is CCOC(=O)OC1=CNN2C(OC3CCCCC3)CC(C3CC3)NC12. The molecule has 0 spiro atoms. The molecule has 3 fully saturated rings. The molecule has 2 heterocycles. The largest absolute Gasteiger partial charge is 0.513 e. The molecule has 2 N–H and O–H groups in total. The number of hydrazine groups is 1. The minimum absolute atomic E-state index is 0.000467. The van der Waals surface area contributed by atoms with E-state index in [0.29, 0.717) is 30.4 Å². The van der Waals surface area contributed by atoms with Crippen molar-refractivity contribution in [2.24, 2.45) is 5.92 Å². The summed E-state index contributed by atoms with van der Waals surface area (Å²) in [5.41, 5.74) is 3.23. The van der Waals surface area contributed by atoms with Gasteiger partial charge in [0.1, 0.15) is 12.4 Å². The lowest BCUT2D eigenvalue weighted by Crippen LogP contribution is -2.63. The van der Waals surface area contributed by atoms with Crippen LogP contribution in [0.5, 0.6) is 0 Å². The van der Waals surface area contributed by atoms with Crippen LogP contribution in [0.2, 0.25) is 0 Å². The highest BCUT2D eigenvalue weighted by atomic mass is 16.7. The van der Waals surface area contributed by atoms with Crippen LogP contribution < -0.4 is 10.7 Å². The monoisotopic (exact) mass is 351 g/mol. The second-order valence-electron chi connectivity index (χ2n) is 7.47. The second kappa shape index (κ2) is 7.51. The Hall–Kier alpha value is -1.31. The maximum atomic E-state index is 11.7. The number of hydrogen-bond donors (Lipinski definition) is 2. The molecule has 7 heteroatoms. The van der Waals surface area contributed by atoms with Gasteiger partial charge in [0, 0.05) is 12.5 Å². The third-order valence-corrected chi connectivity index (χ3v) is 5.60. The number of ether oxygens (including phenoxy) is 3. The predicted molar refractivity (Wildman–Crippen MR) is 91.0 cm³/mol. The number of carbonyl (C=O) groups is 1. The summed E-state index contributed by atoms with van der Waals surface area (Å²) in [6, 6.07) is 0.406. The van der Waals surface area contributed by atoms with Crippen molar-refractivity contribution in [1.29, 1.82) is 0 Å². The van der Waals surface area contributed by atoms with Crippen LogP contribution in [0, 0.1) is 5.92 Å². The molecular formula is C18H29N3O4. The molecule has 0 radical (unpaired) electrons. The fourth-order valence-electron chi connectivity index (χ4n) is 4.14. The molecule has 3 atom stereocenters. The standard InChI is InChI=1S/C18H29N3O4/c1-2-23-18(22)25-15-11-19-21-16(24-13-6-4-3-5-7-13)10-14(12-8-9-12)20-17(15)21/h11-14,16-17,19-20H,2-10H2,1H3. The van der Waals surface area contributed by atoms with Gasteiger partial charge in [-0.25, -0.2) is 4.79 Å². The maximum absolute atomic E-state index is 11.7. The fourth-order valence-corrected chi connectivity index (χ4v) is 4.14. The van der Waals surface area contributed by atoms with Gasteiger partial charge in [-0.1, -0.05) is 19.3 Å². The molecule has 4 aliphatic rings. The highest BCUT2D eigenvalue weighted by Gasteiger charge is 2.47. The Balaban J connectivity index is 1.42. The van der Waals surface area contributed by atoms with Gasteiger partial charge in [0.2, 0.25) is 0 Å². The van der Waals surface area contributed by atoms with Crippen LogP contribution in [0.4, 0.5) is 4.79 Å². The van der Waals surface area contributed by atoms with Crippen molar-refractivity contribution in [3.8, 4) is 0 Å². The number of hydrogen-bond acceptors (Lipinski definition) is 7. The van der Waals surface area contributed by atoms with E-state index in [-0.39, 0.29) is 12.4 Å². The van der Waals surface area contributed by atoms with E-state index in [1.54, 1.807) is 13.1 Å². The molecule has 0 aromatic heterocycles. The molecule has 0 aromatic rings. The lowest BCUT2D eigenvalue weighted by Gasteiger charge is -2.43. The Morgan fingerprint density at radius 3 is 2.76 bits per heavy atom. The number of nitrogens with one attached hydrogen (secondary N) is 2. The quantitative estimate of drug-likeness (QED) is 0.738. The molecular weight excluding hydrogens is 322 g/mol. The zero-order valence-corrected chi connectivity index (χ0v) is 14.9. The van der Waals surface area contributed by atoms with Gasteiger partial charge in [-0.15, -0.1) is 0 Å². The molecule has 4 rings (SSSR count). The summed E-state index contributed by atoms with van der Waals surface area (Å²) in [6.45, 7) is 2.07. The number of carbonyl (C=O) groups excluding carboxylic acids is 1. The summed E-state index contributed by atoms with van der Waals surface area (Å²) in [6.07, 6.45) is 10.9. The van der Waals surface area contributed by atoms with Gasteiger partial charge in [0.25, 0.3) is 0 Å². The van der Waals surface area contributed by atoms with Crippen LogP contribution in [-0.4, -0.2) is 42.3 Å². The predicted octanol–water partition coefficient (Wildman–Crippen LogP) is 2.59. The summed E-state index contributed by atoms with van der Waals surface area (Å²) < 4.78 is 16.8. The van der Waals surface area contributed by atoms with E-state index in [1.807, 2.05) is 5.01 Å². The van der Waals surface area contributed by atoms with Crippen LogP contribution in [-0.2, 0) is 14.2 Å². The molecule has 25 heavy (non-hydrogen) atoms. The van der Waals surface area contributed by atoms with Gasteiger partial charge in [-0.3, -0.25) is 5.32 Å². The summed E-state index contributed by atoms with van der Waals surface area (Å²) >= 11 is 0. The summed E-state index contributed by atoms with van der Waals surface area (Å²) in [5, 5.41) is 5.67. The molecule has 7 nitrogen and oxygen atoms in total. The first-order chi connectivity index (χ1) is 12.2. The normalized spacial score (nSPS) is 33.3. The number of fused-ring (bicyclic) bond motifs is 1. The Labute approximate surface area is 149 Å². The lowest BCUT2D eigenvalue weighted by molar-refractivity contribution is -0.160. The van der Waals surface area contributed by atoms with E-state index < -0.39 is 6.16 Å². The van der Waals surface area contributed by atoms with E-state index in [1.165, 1.54) is 32.1 Å². The van der Waals surface area contributed by atoms with Crippen LogP contribution in [0.25, 0.3) is 0 Å². The van der Waals surface area contributed by atoms with Crippen molar-refractivity contribution in [2.75, 3.05) is 6.61 Å². The van der Waals surface area contributed by atoms with Crippen molar-refractivity contribution in [3.05, 3.63) is 12.0 Å². The van der Waals surface area contributed by atoms with Crippen LogP contribution >= 0.6 is 0 Å². The first-order valence-electron chi connectivity index (χ1n) is 9.75. The Kier molecular flexibility index (Phi) is 5.15. The van der Waals surface area contributed by atoms with Gasteiger partial charge in [-0.05, 0) is 38.5 Å². The van der Waals surface area contributed by atoms with E-state index in [2.05, 4.69) is 10.7 Å². The third kappa shape index (κ3) is 3.93. The van der Waals surface area contributed by atoms with Gasteiger partial charge in [0.05, 0.1) is 18.9 Å². The smallest absolute Gasteiger partial charge is 0.434 e. The molecule has 2 saturated carbocycles. The first kappa shape index (κ1) is 17.1. The van der Waals surface area contributed by atoms with E-state index in [9.17, 15) is 4.79 Å². The fraction of sp³-hybridized carbons (Fsp3) is 0.833. The van der Waals surface area contributed by atoms with E-state index in [4.69, 9.17) is 14.2 Å². The molecule has 0 bridgehead atoms. The second-order valence-corrected chi connectivity index (χ2v) is 7.47. The summed E-state index contributed by atoms with van der Waals surface area (Å²) in [4.78, 5) is 11.7. The molecule has 1 saturated heterocycles. The molecule has 2 aliphatic carbocycles. The van der Waals surface area contributed by atoms with Crippen molar-refractivity contribution in [3.63, 3.8) is 0 Å². The Morgan fingerprint density at radius 2 is 2.04 bits per heavy atom. The lowest BCUT2D eigenvalue weighted by atomic mass is 9.97. The highest BCUT2D eigenvalue weighted by Crippen LogP contribution is 2.39. The van der Waals surface area contributed by atoms with Crippen LogP contribution in [0.15, 0.2) is 12.0 Å². The van der Waals surface area contributed by atoms with Crippen molar-refractivity contribution >= 4 is 6.16 Å². The third-order valence-electron chi connectivity index (χ3n) is 5.60. The summed E-state index contributed by atoms with van der Waals surface area (Å²) in [5.74, 6) is 1.27. The number of nitrogens with zero attached hydrogens (tertiary/aromatic N) is 1. The zero-order chi connectivity index (χ0) is 17.2. The van der Waals surface area contributed by atoms with E-state index >= 15 is 0 Å². The van der Waals surface area contributed by atoms with Gasteiger partial charge < -0.3 is 19.6 Å².